The van der Waals surface area contributed by atoms with Gasteiger partial charge in [0.15, 0.2) is 0 Å². The molecule has 0 aromatic carbocycles. The minimum absolute atomic E-state index is 0.0891. The standard InChI is InChI=1S/C10H17N5OS/c1-14-4-3-7(5-14)6-15(2)9(16)8-12-13-10(11)17-8/h7H,3-6H2,1-2H3,(H2,11,13). The van der Waals surface area contributed by atoms with Crippen LogP contribution in [-0.2, 0) is 0 Å². The van der Waals surface area contributed by atoms with E-state index in [0.717, 1.165) is 37.4 Å². The van der Waals surface area contributed by atoms with Crippen molar-refractivity contribution in [2.75, 3.05) is 39.5 Å². The summed E-state index contributed by atoms with van der Waals surface area (Å²) in [5.41, 5.74) is 5.47. The molecule has 7 heteroatoms. The third-order valence-corrected chi connectivity index (χ3v) is 3.73. The van der Waals surface area contributed by atoms with Gasteiger partial charge in [0.05, 0.1) is 0 Å². The second-order valence-corrected chi connectivity index (χ2v) is 5.56. The van der Waals surface area contributed by atoms with Crippen molar-refractivity contribution in [3.8, 4) is 0 Å². The van der Waals surface area contributed by atoms with Gasteiger partial charge < -0.3 is 15.5 Å². The van der Waals surface area contributed by atoms with Crippen LogP contribution in [0.25, 0.3) is 0 Å². The molecule has 1 atom stereocenters. The zero-order valence-corrected chi connectivity index (χ0v) is 10.9. The van der Waals surface area contributed by atoms with Gasteiger partial charge in [-0.3, -0.25) is 4.79 Å². The Hall–Kier alpha value is -1.21. The third kappa shape index (κ3) is 2.92. The fourth-order valence-corrected chi connectivity index (χ4v) is 2.73. The van der Waals surface area contributed by atoms with Crippen LogP contribution in [0.15, 0.2) is 0 Å². The Morgan fingerprint density at radius 2 is 2.41 bits per heavy atom. The molecule has 0 radical (unpaired) electrons. The zero-order valence-electron chi connectivity index (χ0n) is 10.1. The van der Waals surface area contributed by atoms with Crippen molar-refractivity contribution in [3.05, 3.63) is 5.01 Å². The molecule has 0 bridgehead atoms. The van der Waals surface area contributed by atoms with Gasteiger partial charge in [0.2, 0.25) is 10.1 Å². The highest BCUT2D eigenvalue weighted by molar-refractivity contribution is 7.16. The van der Waals surface area contributed by atoms with Crippen LogP contribution in [0.5, 0.6) is 0 Å². The molecule has 1 saturated heterocycles. The van der Waals surface area contributed by atoms with Crippen LogP contribution in [0.3, 0.4) is 0 Å². The topological polar surface area (TPSA) is 75.3 Å². The van der Waals surface area contributed by atoms with Gasteiger partial charge in [0.1, 0.15) is 0 Å². The molecular weight excluding hydrogens is 238 g/mol. The number of likely N-dealkylation sites (tertiary alicyclic amines) is 1. The third-order valence-electron chi connectivity index (χ3n) is 2.99. The molecule has 0 saturated carbocycles. The molecule has 2 N–H and O–H groups in total. The maximum Gasteiger partial charge on any atom is 0.284 e. The molecule has 0 spiro atoms. The lowest BCUT2D eigenvalue weighted by atomic mass is 10.1. The van der Waals surface area contributed by atoms with Crippen molar-refractivity contribution < 1.29 is 4.79 Å². The smallest absolute Gasteiger partial charge is 0.284 e. The Balaban J connectivity index is 1.91. The van der Waals surface area contributed by atoms with Gasteiger partial charge in [0.25, 0.3) is 5.91 Å². The van der Waals surface area contributed by atoms with Crippen LogP contribution < -0.4 is 5.73 Å². The SMILES string of the molecule is CN1CCC(CN(C)C(=O)c2nnc(N)s2)C1. The summed E-state index contributed by atoms with van der Waals surface area (Å²) in [6.07, 6.45) is 1.15. The highest BCUT2D eigenvalue weighted by Gasteiger charge is 2.24. The van der Waals surface area contributed by atoms with Crippen LogP contribution in [-0.4, -0.2) is 59.6 Å². The lowest BCUT2D eigenvalue weighted by Gasteiger charge is -2.19. The summed E-state index contributed by atoms with van der Waals surface area (Å²) in [5.74, 6) is 0.466. The number of nitrogens with two attached hydrogens (primary N) is 1. The number of nitrogens with zero attached hydrogens (tertiary/aromatic N) is 4. The van der Waals surface area contributed by atoms with E-state index in [1.165, 1.54) is 0 Å². The molecule has 6 nitrogen and oxygen atoms in total. The molecule has 2 rings (SSSR count). The zero-order chi connectivity index (χ0) is 12.4. The molecule has 2 heterocycles. The first-order valence-electron chi connectivity index (χ1n) is 5.59. The van der Waals surface area contributed by atoms with E-state index in [-0.39, 0.29) is 5.91 Å². The average Bonchev–Trinajstić information content (AvgIpc) is 2.87. The molecule has 1 aromatic heterocycles. The number of hydrogen-bond acceptors (Lipinski definition) is 6. The number of amides is 1. The van der Waals surface area contributed by atoms with E-state index in [1.54, 1.807) is 11.9 Å². The van der Waals surface area contributed by atoms with Gasteiger partial charge in [-0.1, -0.05) is 11.3 Å². The number of nitrogen functional groups attached to an aromatic ring is 1. The van der Waals surface area contributed by atoms with Gasteiger partial charge in [-0.25, -0.2) is 0 Å². The predicted octanol–water partition coefficient (Wildman–Crippen LogP) is 0.144. The Morgan fingerprint density at radius 1 is 1.65 bits per heavy atom. The van der Waals surface area contributed by atoms with Gasteiger partial charge >= 0.3 is 0 Å². The molecule has 94 valence electrons. The summed E-state index contributed by atoms with van der Waals surface area (Å²) < 4.78 is 0. The summed E-state index contributed by atoms with van der Waals surface area (Å²) in [7, 11) is 3.91. The number of carbonyl (C=O) groups is 1. The Kier molecular flexibility index (Phi) is 3.58. The Bertz CT molecular complexity index is 407. The first-order valence-corrected chi connectivity index (χ1v) is 6.41. The second kappa shape index (κ2) is 4.97. The number of anilines is 1. The number of rotatable bonds is 3. The largest absolute Gasteiger partial charge is 0.374 e. The van der Waals surface area contributed by atoms with Gasteiger partial charge in [-0.05, 0) is 25.9 Å². The predicted molar refractivity (Wildman–Crippen MR) is 66.9 cm³/mol. The molecule has 1 fully saturated rings. The van der Waals surface area contributed by atoms with E-state index in [9.17, 15) is 4.79 Å². The fraction of sp³-hybridized carbons (Fsp3) is 0.700. The van der Waals surface area contributed by atoms with Gasteiger partial charge in [0, 0.05) is 20.1 Å². The average molecular weight is 255 g/mol. The van der Waals surface area contributed by atoms with E-state index in [0.29, 0.717) is 16.1 Å². The van der Waals surface area contributed by atoms with Crippen LogP contribution in [0, 0.1) is 5.92 Å². The minimum Gasteiger partial charge on any atom is -0.374 e. The van der Waals surface area contributed by atoms with Crippen molar-refractivity contribution in [2.45, 2.75) is 6.42 Å². The summed E-state index contributed by atoms with van der Waals surface area (Å²) in [6, 6.07) is 0. The monoisotopic (exact) mass is 255 g/mol. The highest BCUT2D eigenvalue weighted by atomic mass is 32.1. The van der Waals surface area contributed by atoms with Crippen LogP contribution in [0.4, 0.5) is 5.13 Å². The van der Waals surface area contributed by atoms with Gasteiger partial charge in [-0.15, -0.1) is 10.2 Å². The van der Waals surface area contributed by atoms with Crippen LogP contribution >= 0.6 is 11.3 Å². The lowest BCUT2D eigenvalue weighted by Crippen LogP contribution is -2.32. The van der Waals surface area contributed by atoms with Gasteiger partial charge in [-0.2, -0.15) is 0 Å². The molecule has 1 aromatic rings. The Morgan fingerprint density at radius 3 is 2.94 bits per heavy atom. The number of carbonyl (C=O) groups excluding carboxylic acids is 1. The molecule has 1 aliphatic heterocycles. The summed E-state index contributed by atoms with van der Waals surface area (Å²) >= 11 is 1.14. The minimum atomic E-state index is -0.0891. The van der Waals surface area contributed by atoms with Crippen molar-refractivity contribution >= 4 is 22.4 Å². The van der Waals surface area contributed by atoms with E-state index in [4.69, 9.17) is 5.73 Å². The fourth-order valence-electron chi connectivity index (χ4n) is 2.13. The van der Waals surface area contributed by atoms with E-state index < -0.39 is 0 Å². The van der Waals surface area contributed by atoms with Crippen molar-refractivity contribution in [3.63, 3.8) is 0 Å². The lowest BCUT2D eigenvalue weighted by molar-refractivity contribution is 0.0773. The summed E-state index contributed by atoms with van der Waals surface area (Å²) in [6.45, 7) is 2.93. The molecule has 1 unspecified atom stereocenters. The van der Waals surface area contributed by atoms with E-state index in [1.807, 2.05) is 0 Å². The maximum absolute atomic E-state index is 12.0. The number of aromatic nitrogens is 2. The molecule has 17 heavy (non-hydrogen) atoms. The maximum atomic E-state index is 12.0. The van der Waals surface area contributed by atoms with Crippen LogP contribution in [0.1, 0.15) is 16.2 Å². The molecule has 1 aliphatic rings. The highest BCUT2D eigenvalue weighted by Crippen LogP contribution is 2.17. The summed E-state index contributed by atoms with van der Waals surface area (Å²) in [5, 5.41) is 8.13. The normalized spacial score (nSPS) is 20.7. The van der Waals surface area contributed by atoms with Crippen molar-refractivity contribution in [1.29, 1.82) is 0 Å². The van der Waals surface area contributed by atoms with E-state index >= 15 is 0 Å². The number of hydrogen-bond donors (Lipinski definition) is 1. The first-order chi connectivity index (χ1) is 8.06. The van der Waals surface area contributed by atoms with E-state index in [2.05, 4.69) is 22.1 Å². The van der Waals surface area contributed by atoms with Crippen molar-refractivity contribution in [1.82, 2.24) is 20.0 Å². The Labute approximate surface area is 104 Å². The summed E-state index contributed by atoms with van der Waals surface area (Å²) in [4.78, 5) is 16.0. The quantitative estimate of drug-likeness (QED) is 0.831. The van der Waals surface area contributed by atoms with Crippen LogP contribution in [0.2, 0.25) is 0 Å². The second-order valence-electron chi connectivity index (χ2n) is 4.55. The van der Waals surface area contributed by atoms with Crippen molar-refractivity contribution in [2.24, 2.45) is 5.92 Å². The first kappa shape index (κ1) is 12.3. The molecule has 0 aliphatic carbocycles. The molecular formula is C10H17N5OS. The molecule has 1 amide bonds.